The van der Waals surface area contributed by atoms with E-state index in [1.54, 1.807) is 32.1 Å². The van der Waals surface area contributed by atoms with Crippen molar-refractivity contribution in [1.29, 1.82) is 5.41 Å². The van der Waals surface area contributed by atoms with Crippen LogP contribution in [0.4, 0.5) is 0 Å². The molecule has 0 spiro atoms. The molecule has 0 bridgehead atoms. The second-order valence-electron chi connectivity index (χ2n) is 9.71. The summed E-state index contributed by atoms with van der Waals surface area (Å²) in [6.45, 7) is 5.04. The fourth-order valence-corrected chi connectivity index (χ4v) is 5.36. The van der Waals surface area contributed by atoms with Crippen LogP contribution in [-0.2, 0) is 4.74 Å². The molecule has 5 aromatic rings. The summed E-state index contributed by atoms with van der Waals surface area (Å²) in [6, 6.07) is 13.4. The van der Waals surface area contributed by atoms with Gasteiger partial charge in [-0.25, -0.2) is 9.97 Å². The van der Waals surface area contributed by atoms with Gasteiger partial charge in [-0.05, 0) is 38.1 Å². The molecule has 0 aliphatic carbocycles. The van der Waals surface area contributed by atoms with Gasteiger partial charge in [0.05, 0.1) is 42.7 Å². The fourth-order valence-electron chi connectivity index (χ4n) is 5.36. The maximum Gasteiger partial charge on any atom is 0.291 e. The van der Waals surface area contributed by atoms with Crippen molar-refractivity contribution in [2.24, 2.45) is 0 Å². The van der Waals surface area contributed by atoms with Crippen LogP contribution in [0.5, 0.6) is 5.75 Å². The smallest absolute Gasteiger partial charge is 0.291 e. The Morgan fingerprint density at radius 3 is 2.60 bits per heavy atom. The third-order valence-corrected chi connectivity index (χ3v) is 7.17. The summed E-state index contributed by atoms with van der Waals surface area (Å²) in [7, 11) is 1.55. The van der Waals surface area contributed by atoms with Crippen LogP contribution in [0.2, 0.25) is 0 Å². The minimum Gasteiger partial charge on any atom is -0.512 e. The Balaban J connectivity index is 1.68. The molecule has 3 aromatic heterocycles. The molecule has 0 unspecified atom stereocenters. The van der Waals surface area contributed by atoms with Crippen molar-refractivity contribution in [3.63, 3.8) is 0 Å². The lowest BCUT2D eigenvalue weighted by Crippen LogP contribution is -2.41. The lowest BCUT2D eigenvalue weighted by molar-refractivity contribution is 0.0295. The van der Waals surface area contributed by atoms with E-state index in [0.29, 0.717) is 60.0 Å². The molecule has 2 aromatic carbocycles. The topological polar surface area (TPSA) is 137 Å². The predicted octanol–water partition coefficient (Wildman–Crippen LogP) is 5.14. The van der Waals surface area contributed by atoms with Crippen LogP contribution in [0.3, 0.4) is 0 Å². The van der Waals surface area contributed by atoms with E-state index < -0.39 is 0 Å². The number of rotatable bonds is 5. The van der Waals surface area contributed by atoms with E-state index >= 15 is 0 Å². The van der Waals surface area contributed by atoms with Gasteiger partial charge in [-0.1, -0.05) is 18.2 Å². The van der Waals surface area contributed by atoms with Crippen molar-refractivity contribution in [1.82, 2.24) is 24.8 Å². The van der Waals surface area contributed by atoms with Crippen molar-refractivity contribution in [2.45, 2.75) is 13.8 Å². The number of aromatic nitrogens is 4. The van der Waals surface area contributed by atoms with Crippen LogP contribution < -0.4 is 4.74 Å². The number of morpholine rings is 1. The maximum atomic E-state index is 13.5. The van der Waals surface area contributed by atoms with Gasteiger partial charge in [0, 0.05) is 58.0 Å². The minimum atomic E-state index is -0.262. The standard InChI is InChI=1S/C30H28N6O4/c1-16(31)25(17(2)37)21-14-23-20(15-24(21)39-3)26-27(19-8-9-32-22-7-5-4-6-18(19)22)34-29(35-28(26)33-23)30(38)36-10-12-40-13-11-36/h4-9,14-15,31,37H,10-13H2,1-3H3,(H,33,34,35)/b25-17+,31-16?. The number of nitrogens with one attached hydrogen (secondary N) is 2. The number of fused-ring (bicyclic) bond motifs is 4. The fraction of sp³-hybridized carbons (Fsp3) is 0.233. The minimum absolute atomic E-state index is 0.0170. The highest BCUT2D eigenvalue weighted by Gasteiger charge is 2.26. The number of pyridine rings is 1. The van der Waals surface area contributed by atoms with E-state index in [0.717, 1.165) is 27.2 Å². The van der Waals surface area contributed by atoms with Crippen LogP contribution in [0.15, 0.2) is 54.4 Å². The molecule has 6 rings (SSSR count). The Hall–Kier alpha value is -4.83. The summed E-state index contributed by atoms with van der Waals surface area (Å²) < 4.78 is 11.2. The Morgan fingerprint density at radius 2 is 1.88 bits per heavy atom. The monoisotopic (exact) mass is 536 g/mol. The van der Waals surface area contributed by atoms with Gasteiger partial charge in [-0.15, -0.1) is 0 Å². The zero-order chi connectivity index (χ0) is 28.0. The number of benzene rings is 2. The second-order valence-corrected chi connectivity index (χ2v) is 9.71. The van der Waals surface area contributed by atoms with Gasteiger partial charge < -0.3 is 29.9 Å². The maximum absolute atomic E-state index is 13.5. The number of nitrogens with zero attached hydrogens (tertiary/aromatic N) is 4. The first kappa shape index (κ1) is 25.4. The number of carbonyl (C=O) groups excluding carboxylic acids is 1. The molecule has 3 N–H and O–H groups in total. The van der Waals surface area contributed by atoms with Gasteiger partial charge in [0.15, 0.2) is 0 Å². The molecule has 1 aliphatic rings. The molecule has 1 saturated heterocycles. The summed E-state index contributed by atoms with van der Waals surface area (Å²) in [6.07, 6.45) is 1.73. The van der Waals surface area contributed by atoms with Gasteiger partial charge in [-0.2, -0.15) is 0 Å². The van der Waals surface area contributed by atoms with E-state index in [4.69, 9.17) is 24.9 Å². The number of carbonyl (C=O) groups is 1. The highest BCUT2D eigenvalue weighted by atomic mass is 16.5. The number of aliphatic hydroxyl groups excluding tert-OH is 1. The lowest BCUT2D eigenvalue weighted by atomic mass is 9.97. The first-order chi connectivity index (χ1) is 19.4. The van der Waals surface area contributed by atoms with Crippen LogP contribution >= 0.6 is 0 Å². The van der Waals surface area contributed by atoms with Gasteiger partial charge in [0.2, 0.25) is 5.82 Å². The number of H-pyrrole nitrogens is 1. The molecule has 1 aliphatic heterocycles. The quantitative estimate of drug-likeness (QED) is 0.209. The number of para-hydroxylation sites is 1. The average molecular weight is 537 g/mol. The molecule has 1 fully saturated rings. The third-order valence-electron chi connectivity index (χ3n) is 7.17. The first-order valence-corrected chi connectivity index (χ1v) is 13.0. The Kier molecular flexibility index (Phi) is 6.39. The van der Waals surface area contributed by atoms with Gasteiger partial charge in [-0.3, -0.25) is 9.78 Å². The van der Waals surface area contributed by atoms with Crippen molar-refractivity contribution in [3.8, 4) is 17.0 Å². The number of ether oxygens (including phenoxy) is 2. The van der Waals surface area contributed by atoms with E-state index in [1.165, 1.54) is 0 Å². The van der Waals surface area contributed by atoms with Crippen molar-refractivity contribution < 1.29 is 19.4 Å². The molecule has 1 amide bonds. The number of amides is 1. The lowest BCUT2D eigenvalue weighted by Gasteiger charge is -2.26. The first-order valence-electron chi connectivity index (χ1n) is 13.0. The molecule has 10 nitrogen and oxygen atoms in total. The molecule has 0 radical (unpaired) electrons. The number of aliphatic hydroxyl groups is 1. The number of aromatic amines is 1. The van der Waals surface area contributed by atoms with E-state index in [1.807, 2.05) is 42.5 Å². The Bertz CT molecular complexity index is 1840. The number of methoxy groups -OCH3 is 1. The number of hydrogen-bond donors (Lipinski definition) is 3. The molecule has 40 heavy (non-hydrogen) atoms. The Labute approximate surface area is 229 Å². The van der Waals surface area contributed by atoms with E-state index in [2.05, 4.69) is 9.97 Å². The third kappa shape index (κ3) is 4.22. The molecule has 0 saturated carbocycles. The highest BCUT2D eigenvalue weighted by molar-refractivity contribution is 6.24. The SMILES string of the molecule is COc1cc2c(cc1/C(C(C)=N)=C(\C)O)[nH]c1nc(C(=O)N3CCOCC3)nc(-c3ccnc4ccccc34)c12. The zero-order valence-electron chi connectivity index (χ0n) is 22.4. The summed E-state index contributed by atoms with van der Waals surface area (Å²) in [5.74, 6) is 0.333. The molecule has 4 heterocycles. The second kappa shape index (κ2) is 10.0. The molecule has 0 atom stereocenters. The zero-order valence-corrected chi connectivity index (χ0v) is 22.4. The average Bonchev–Trinajstić information content (AvgIpc) is 3.33. The van der Waals surface area contributed by atoms with E-state index in [9.17, 15) is 9.90 Å². The molecule has 202 valence electrons. The van der Waals surface area contributed by atoms with E-state index in [-0.39, 0.29) is 23.2 Å². The normalized spacial score (nSPS) is 14.5. The predicted molar refractivity (Wildman–Crippen MR) is 154 cm³/mol. The molecular weight excluding hydrogens is 508 g/mol. The highest BCUT2D eigenvalue weighted by Crippen LogP contribution is 2.40. The molecular formula is C30H28N6O4. The summed E-state index contributed by atoms with van der Waals surface area (Å²) in [4.78, 5) is 32.7. The van der Waals surface area contributed by atoms with Crippen LogP contribution in [-0.4, -0.2) is 75.0 Å². The summed E-state index contributed by atoms with van der Waals surface area (Å²) in [5.41, 5.74) is 4.58. The largest absolute Gasteiger partial charge is 0.512 e. The van der Waals surface area contributed by atoms with Crippen molar-refractivity contribution in [2.75, 3.05) is 33.4 Å². The number of allylic oxidation sites excluding steroid dienone is 2. The van der Waals surface area contributed by atoms with Gasteiger partial charge >= 0.3 is 0 Å². The number of hydrogen-bond acceptors (Lipinski definition) is 8. The summed E-state index contributed by atoms with van der Waals surface area (Å²) >= 11 is 0. The van der Waals surface area contributed by atoms with Crippen molar-refractivity contribution in [3.05, 3.63) is 65.8 Å². The van der Waals surface area contributed by atoms with Crippen LogP contribution in [0.1, 0.15) is 30.0 Å². The van der Waals surface area contributed by atoms with Crippen LogP contribution in [0.25, 0.3) is 49.7 Å². The van der Waals surface area contributed by atoms with Crippen LogP contribution in [0, 0.1) is 5.41 Å². The molecule has 10 heteroatoms. The summed E-state index contributed by atoms with van der Waals surface area (Å²) in [5, 5.41) is 21.0. The Morgan fingerprint density at radius 1 is 1.10 bits per heavy atom. The van der Waals surface area contributed by atoms with Gasteiger partial charge in [0.25, 0.3) is 5.91 Å². The van der Waals surface area contributed by atoms with Crippen molar-refractivity contribution >= 4 is 50.0 Å². The van der Waals surface area contributed by atoms with Gasteiger partial charge in [0.1, 0.15) is 11.4 Å².